The van der Waals surface area contributed by atoms with Crippen LogP contribution in [0.3, 0.4) is 0 Å². The maximum Gasteiger partial charge on any atom is 0.306 e. The second-order valence-corrected chi connectivity index (χ2v) is 22.3. The third-order valence-electron chi connectivity index (χ3n) is 13.4. The molecule has 0 fully saturated rings. The molecule has 0 saturated heterocycles. The highest BCUT2D eigenvalue weighted by atomic mass is 16.7. The summed E-state index contributed by atoms with van der Waals surface area (Å²) in [7, 11) is 5.91. The van der Waals surface area contributed by atoms with Crippen LogP contribution in [0.25, 0.3) is 0 Å². The Labute approximate surface area is 497 Å². The number of aliphatic carboxylic acids is 1. The number of allylic oxidation sites excluding steroid dienone is 22. The first kappa shape index (κ1) is 76.4. The number of rotatable bonds is 58. The van der Waals surface area contributed by atoms with Gasteiger partial charge in [0.15, 0.2) is 12.4 Å². The minimum absolute atomic E-state index is 0.135. The van der Waals surface area contributed by atoms with Crippen molar-refractivity contribution in [2.45, 2.75) is 257 Å². The average molecular weight is 1130 g/mol. The Hall–Kier alpha value is -4.57. The first-order chi connectivity index (χ1) is 39.6. The van der Waals surface area contributed by atoms with Crippen LogP contribution in [0.5, 0.6) is 0 Å². The van der Waals surface area contributed by atoms with Gasteiger partial charge in [-0.3, -0.25) is 9.59 Å². The number of carbonyl (C=O) groups excluding carboxylic acids is 3. The maximum absolute atomic E-state index is 12.9. The average Bonchev–Trinajstić information content (AvgIpc) is 3.44. The number of carbonyl (C=O) groups is 3. The van der Waals surface area contributed by atoms with E-state index in [1.807, 2.05) is 21.1 Å². The Balaban J connectivity index is 4.29. The molecule has 0 N–H and O–H groups in total. The molecule has 460 valence electrons. The molecule has 2 unspecified atom stereocenters. The van der Waals surface area contributed by atoms with Crippen molar-refractivity contribution >= 4 is 17.9 Å². The molecule has 9 nitrogen and oxygen atoms in total. The molecule has 0 aliphatic rings. The van der Waals surface area contributed by atoms with Crippen molar-refractivity contribution in [1.82, 2.24) is 0 Å². The topological polar surface area (TPSA) is 111 Å². The van der Waals surface area contributed by atoms with Gasteiger partial charge in [0, 0.05) is 12.8 Å². The first-order valence-electron chi connectivity index (χ1n) is 32.3. The van der Waals surface area contributed by atoms with Crippen molar-refractivity contribution in [2.24, 2.45) is 0 Å². The van der Waals surface area contributed by atoms with Gasteiger partial charge in [-0.15, -0.1) is 0 Å². The Morgan fingerprint density at radius 3 is 1.06 bits per heavy atom. The highest BCUT2D eigenvalue weighted by molar-refractivity contribution is 5.70. The lowest BCUT2D eigenvalue weighted by Gasteiger charge is -2.26. The van der Waals surface area contributed by atoms with E-state index in [9.17, 15) is 19.5 Å². The number of carboxylic acid groups (broad SMARTS) is 1. The molecule has 0 aliphatic heterocycles. The number of quaternary nitrogens is 1. The minimum Gasteiger partial charge on any atom is -0.545 e. The second-order valence-electron chi connectivity index (χ2n) is 22.3. The molecule has 0 bridgehead atoms. The number of carboxylic acids is 1. The van der Waals surface area contributed by atoms with E-state index in [-0.39, 0.29) is 38.6 Å². The van der Waals surface area contributed by atoms with Crippen LogP contribution in [0.15, 0.2) is 134 Å². The molecular formula is C72H119NO8. The molecule has 0 amide bonds. The van der Waals surface area contributed by atoms with Crippen LogP contribution in [0.4, 0.5) is 0 Å². The van der Waals surface area contributed by atoms with E-state index >= 15 is 0 Å². The molecule has 0 aromatic heterocycles. The van der Waals surface area contributed by atoms with Crippen LogP contribution in [-0.4, -0.2) is 82.3 Å². The number of hydrogen-bond acceptors (Lipinski definition) is 8. The van der Waals surface area contributed by atoms with Gasteiger partial charge in [-0.25, -0.2) is 0 Å². The summed E-state index contributed by atoms with van der Waals surface area (Å²) in [6.07, 6.45) is 85.1. The van der Waals surface area contributed by atoms with Crippen molar-refractivity contribution in [1.29, 1.82) is 0 Å². The fourth-order valence-electron chi connectivity index (χ4n) is 8.44. The number of likely N-dealkylation sites (N-methyl/N-ethyl adjacent to an activating group) is 1. The standard InChI is InChI=1S/C72H119NO8/c1-6-8-10-12-14-16-18-20-22-24-26-28-29-30-31-32-33-34-35-36-37-38-39-40-41-43-45-47-49-51-53-55-57-59-61-63-70(75)81-68(67-80-72(71(76)77)78-65-64-73(3,4)5)66-79-69(74)62-60-58-56-54-52-50-48-46-44-42-27-25-23-21-19-17-15-13-11-9-7-2/h8,10,14,16,20,22,25-28,30-31,33-34,36-37,39-40,43,45,49,51,68,72H,6-7,9,11-13,15,17-19,21,23-24,29,32,35,38,41-42,44,46-48,50,52-67H2,1-5H3/b10-8-,16-14-,22-20-,27-25-,28-26-,31-30-,34-33-,37-36-,40-39-,45-43-,51-49-. The normalized spacial score (nSPS) is 13.6. The van der Waals surface area contributed by atoms with Crippen LogP contribution >= 0.6 is 0 Å². The second kappa shape index (κ2) is 61.5. The van der Waals surface area contributed by atoms with Gasteiger partial charge in [0.1, 0.15) is 13.2 Å². The summed E-state index contributed by atoms with van der Waals surface area (Å²) in [5, 5.41) is 11.8. The molecule has 0 heterocycles. The Morgan fingerprint density at radius 1 is 0.383 bits per heavy atom. The molecule has 9 heteroatoms. The zero-order valence-electron chi connectivity index (χ0n) is 52.4. The monoisotopic (exact) mass is 1130 g/mol. The van der Waals surface area contributed by atoms with E-state index in [4.69, 9.17) is 18.9 Å². The lowest BCUT2D eigenvalue weighted by Crippen LogP contribution is -2.44. The van der Waals surface area contributed by atoms with Gasteiger partial charge >= 0.3 is 11.9 Å². The molecule has 0 radical (unpaired) electrons. The fraction of sp³-hybridized carbons (Fsp3) is 0.653. The number of ether oxygens (including phenoxy) is 4. The molecule has 0 aliphatic carbocycles. The molecule has 0 aromatic rings. The Bertz CT molecular complexity index is 1790. The summed E-state index contributed by atoms with van der Waals surface area (Å²) in [4.78, 5) is 37.4. The van der Waals surface area contributed by atoms with Crippen molar-refractivity contribution in [2.75, 3.05) is 47.5 Å². The van der Waals surface area contributed by atoms with Crippen LogP contribution in [0.2, 0.25) is 0 Å². The van der Waals surface area contributed by atoms with E-state index in [0.29, 0.717) is 17.4 Å². The molecule has 81 heavy (non-hydrogen) atoms. The number of hydrogen-bond donors (Lipinski definition) is 0. The fourth-order valence-corrected chi connectivity index (χ4v) is 8.44. The Kier molecular flexibility index (Phi) is 58.0. The van der Waals surface area contributed by atoms with Crippen LogP contribution in [0, 0.1) is 0 Å². The van der Waals surface area contributed by atoms with Gasteiger partial charge < -0.3 is 33.3 Å². The number of unbranched alkanes of at least 4 members (excludes halogenated alkanes) is 21. The van der Waals surface area contributed by atoms with Crippen molar-refractivity contribution < 1.29 is 42.9 Å². The van der Waals surface area contributed by atoms with Crippen molar-refractivity contribution in [3.63, 3.8) is 0 Å². The van der Waals surface area contributed by atoms with Gasteiger partial charge in [0.25, 0.3) is 0 Å². The minimum atomic E-state index is -1.64. The predicted molar refractivity (Wildman–Crippen MR) is 343 cm³/mol. The zero-order chi connectivity index (χ0) is 59.1. The van der Waals surface area contributed by atoms with Gasteiger partial charge in [0.05, 0.1) is 40.3 Å². The van der Waals surface area contributed by atoms with E-state index in [0.717, 1.165) is 109 Å². The highest BCUT2D eigenvalue weighted by Gasteiger charge is 2.22. The number of nitrogens with zero attached hydrogens (tertiary/aromatic N) is 1. The van der Waals surface area contributed by atoms with Gasteiger partial charge in [-0.2, -0.15) is 0 Å². The largest absolute Gasteiger partial charge is 0.545 e. The van der Waals surface area contributed by atoms with Crippen LogP contribution in [0.1, 0.15) is 245 Å². The molecule has 0 spiro atoms. The zero-order valence-corrected chi connectivity index (χ0v) is 52.4. The first-order valence-corrected chi connectivity index (χ1v) is 32.3. The van der Waals surface area contributed by atoms with Crippen molar-refractivity contribution in [3.05, 3.63) is 134 Å². The molecule has 0 saturated carbocycles. The number of esters is 2. The van der Waals surface area contributed by atoms with E-state index in [2.05, 4.69) is 148 Å². The third kappa shape index (κ3) is 62.9. The molecular weight excluding hydrogens is 1010 g/mol. The lowest BCUT2D eigenvalue weighted by molar-refractivity contribution is -0.870. The third-order valence-corrected chi connectivity index (χ3v) is 13.4. The summed E-state index contributed by atoms with van der Waals surface area (Å²) in [6.45, 7) is 4.60. The van der Waals surface area contributed by atoms with E-state index in [1.165, 1.54) is 103 Å². The van der Waals surface area contributed by atoms with Gasteiger partial charge in [-0.05, 0) is 116 Å². The summed E-state index contributed by atoms with van der Waals surface area (Å²) in [6, 6.07) is 0. The van der Waals surface area contributed by atoms with E-state index < -0.39 is 24.3 Å². The molecule has 0 aromatic carbocycles. The molecule has 0 rings (SSSR count). The lowest BCUT2D eigenvalue weighted by atomic mass is 10.1. The van der Waals surface area contributed by atoms with Gasteiger partial charge in [-0.1, -0.05) is 250 Å². The summed E-state index contributed by atoms with van der Waals surface area (Å²) < 4.78 is 22.7. The predicted octanol–water partition coefficient (Wildman–Crippen LogP) is 18.5. The summed E-state index contributed by atoms with van der Waals surface area (Å²) >= 11 is 0. The quantitative estimate of drug-likeness (QED) is 0.0195. The summed E-state index contributed by atoms with van der Waals surface area (Å²) in [5.74, 6) is -2.33. The SMILES string of the molecule is CC/C=C\C/C=C\C/C=C\C/C=C\C/C=C\C/C=C\C/C=C\C/C=C\C/C=C\C/C=C\CCCCCCC(=O)OC(COC(=O)CCCCCCCCCCC/C=C\CCCCCCCCCC)COC(OCC[N+](C)(C)C)C(=O)[O-]. The summed E-state index contributed by atoms with van der Waals surface area (Å²) in [5.41, 5.74) is 0. The molecule has 2 atom stereocenters. The highest BCUT2D eigenvalue weighted by Crippen LogP contribution is 2.15. The van der Waals surface area contributed by atoms with Crippen LogP contribution in [-0.2, 0) is 33.3 Å². The smallest absolute Gasteiger partial charge is 0.306 e. The van der Waals surface area contributed by atoms with Crippen molar-refractivity contribution in [3.8, 4) is 0 Å². The maximum atomic E-state index is 12.9. The Morgan fingerprint density at radius 2 is 0.704 bits per heavy atom. The van der Waals surface area contributed by atoms with Gasteiger partial charge in [0.2, 0.25) is 0 Å². The van der Waals surface area contributed by atoms with Crippen LogP contribution < -0.4 is 5.11 Å². The van der Waals surface area contributed by atoms with E-state index in [1.54, 1.807) is 0 Å².